The quantitative estimate of drug-likeness (QED) is 0.734. The predicted octanol–water partition coefficient (Wildman–Crippen LogP) is 5.25. The molecule has 0 bridgehead atoms. The van der Waals surface area contributed by atoms with Gasteiger partial charge in [-0.25, -0.2) is 13.6 Å². The number of hydrogen-bond acceptors (Lipinski definition) is 3. The van der Waals surface area contributed by atoms with E-state index < -0.39 is 29.4 Å². The van der Waals surface area contributed by atoms with E-state index in [1.165, 1.54) is 24.3 Å². The van der Waals surface area contributed by atoms with Gasteiger partial charge in [0.25, 0.3) is 0 Å². The SMILES string of the molecule is CC(C)(C)OC(=O)N1OCC[C@@H]1c1cc(F)cc(-c2cccc(F)c2)c1. The van der Waals surface area contributed by atoms with Gasteiger partial charge in [0.2, 0.25) is 0 Å². The van der Waals surface area contributed by atoms with Gasteiger partial charge >= 0.3 is 6.09 Å². The zero-order valence-electron chi connectivity index (χ0n) is 15.0. The van der Waals surface area contributed by atoms with E-state index in [0.717, 1.165) is 5.06 Å². The number of amides is 1. The van der Waals surface area contributed by atoms with E-state index in [-0.39, 0.29) is 0 Å². The smallest absolute Gasteiger partial charge is 0.435 e. The molecule has 1 atom stereocenters. The van der Waals surface area contributed by atoms with Crippen LogP contribution in [0.15, 0.2) is 42.5 Å². The summed E-state index contributed by atoms with van der Waals surface area (Å²) in [6, 6.07) is 9.93. The molecule has 1 heterocycles. The molecule has 1 aliphatic rings. The zero-order chi connectivity index (χ0) is 18.9. The van der Waals surface area contributed by atoms with Gasteiger partial charge in [0, 0.05) is 6.42 Å². The van der Waals surface area contributed by atoms with E-state index >= 15 is 0 Å². The standard InChI is InChI=1S/C20H21F2NO3/c1-20(2,3)26-19(24)23-18(7-8-25-23)15-9-14(11-17(22)12-15)13-5-4-6-16(21)10-13/h4-6,9-12,18H,7-8H2,1-3H3/t18-/m1/s1. The number of ether oxygens (including phenoxy) is 1. The molecule has 0 spiro atoms. The van der Waals surface area contributed by atoms with Crippen LogP contribution in [0.4, 0.5) is 13.6 Å². The summed E-state index contributed by atoms with van der Waals surface area (Å²) in [5, 5.41) is 1.15. The highest BCUT2D eigenvalue weighted by molar-refractivity contribution is 5.69. The van der Waals surface area contributed by atoms with E-state index in [0.29, 0.717) is 29.7 Å². The van der Waals surface area contributed by atoms with Crippen molar-refractivity contribution in [3.05, 3.63) is 59.7 Å². The summed E-state index contributed by atoms with van der Waals surface area (Å²) in [5.74, 6) is -0.856. The van der Waals surface area contributed by atoms with Crippen molar-refractivity contribution in [1.82, 2.24) is 5.06 Å². The molecule has 1 amide bonds. The first-order valence-corrected chi connectivity index (χ1v) is 8.44. The van der Waals surface area contributed by atoms with E-state index in [4.69, 9.17) is 9.57 Å². The molecule has 2 aromatic rings. The number of carbonyl (C=O) groups excluding carboxylic acids is 1. The first kappa shape index (κ1) is 18.3. The fourth-order valence-electron chi connectivity index (χ4n) is 2.90. The van der Waals surface area contributed by atoms with Crippen molar-refractivity contribution in [3.63, 3.8) is 0 Å². The molecule has 6 heteroatoms. The average Bonchev–Trinajstić information content (AvgIpc) is 3.02. The highest BCUT2D eigenvalue weighted by Gasteiger charge is 2.35. The Hall–Kier alpha value is -2.47. The van der Waals surface area contributed by atoms with Gasteiger partial charge in [0.1, 0.15) is 17.2 Å². The number of hydroxylamine groups is 2. The van der Waals surface area contributed by atoms with Crippen molar-refractivity contribution in [2.75, 3.05) is 6.61 Å². The summed E-state index contributed by atoms with van der Waals surface area (Å²) in [4.78, 5) is 17.8. The maximum Gasteiger partial charge on any atom is 0.435 e. The van der Waals surface area contributed by atoms with Gasteiger partial charge in [-0.05, 0) is 67.8 Å². The number of rotatable bonds is 2. The van der Waals surface area contributed by atoms with Crippen LogP contribution >= 0.6 is 0 Å². The Bertz CT molecular complexity index is 817. The van der Waals surface area contributed by atoms with Gasteiger partial charge in [-0.3, -0.25) is 4.84 Å². The third kappa shape index (κ3) is 4.19. The van der Waals surface area contributed by atoms with Crippen molar-refractivity contribution < 1.29 is 23.1 Å². The van der Waals surface area contributed by atoms with E-state index in [9.17, 15) is 13.6 Å². The number of nitrogens with zero attached hydrogens (tertiary/aromatic N) is 1. The molecule has 0 radical (unpaired) electrons. The Morgan fingerprint density at radius 3 is 2.54 bits per heavy atom. The lowest BCUT2D eigenvalue weighted by Crippen LogP contribution is -2.35. The summed E-state index contributed by atoms with van der Waals surface area (Å²) < 4.78 is 33.0. The molecule has 1 aliphatic heterocycles. The number of carbonyl (C=O) groups is 1. The monoisotopic (exact) mass is 361 g/mol. The molecule has 0 aromatic heterocycles. The van der Waals surface area contributed by atoms with Gasteiger partial charge in [-0.15, -0.1) is 0 Å². The molecule has 3 rings (SSSR count). The summed E-state index contributed by atoms with van der Waals surface area (Å²) in [7, 11) is 0. The van der Waals surface area contributed by atoms with E-state index in [1.54, 1.807) is 39.0 Å². The van der Waals surface area contributed by atoms with Crippen LogP contribution in [0.5, 0.6) is 0 Å². The highest BCUT2D eigenvalue weighted by atomic mass is 19.1. The van der Waals surface area contributed by atoms with Crippen LogP contribution in [0.25, 0.3) is 11.1 Å². The van der Waals surface area contributed by atoms with Crippen molar-refractivity contribution >= 4 is 6.09 Å². The minimum atomic E-state index is -0.664. The lowest BCUT2D eigenvalue weighted by Gasteiger charge is -2.27. The van der Waals surface area contributed by atoms with Gasteiger partial charge in [-0.2, -0.15) is 5.06 Å². The molecule has 1 saturated heterocycles. The first-order chi connectivity index (χ1) is 12.2. The van der Waals surface area contributed by atoms with Crippen molar-refractivity contribution in [1.29, 1.82) is 0 Å². The molecule has 138 valence electrons. The highest BCUT2D eigenvalue weighted by Crippen LogP contribution is 2.34. The number of hydrogen-bond donors (Lipinski definition) is 0. The minimum Gasteiger partial charge on any atom is -0.442 e. The maximum absolute atomic E-state index is 14.2. The van der Waals surface area contributed by atoms with Crippen LogP contribution in [0.3, 0.4) is 0 Å². The third-order valence-corrected chi connectivity index (χ3v) is 3.94. The van der Waals surface area contributed by atoms with Crippen LogP contribution < -0.4 is 0 Å². The predicted molar refractivity (Wildman–Crippen MR) is 93.2 cm³/mol. The fraction of sp³-hybridized carbons (Fsp3) is 0.350. The summed E-state index contributed by atoms with van der Waals surface area (Å²) in [6.07, 6.45) is -0.0952. The zero-order valence-corrected chi connectivity index (χ0v) is 15.0. The van der Waals surface area contributed by atoms with Crippen LogP contribution in [0.2, 0.25) is 0 Å². The molecule has 4 nitrogen and oxygen atoms in total. The Labute approximate surface area is 151 Å². The van der Waals surface area contributed by atoms with Crippen molar-refractivity contribution in [2.45, 2.75) is 38.8 Å². The lowest BCUT2D eigenvalue weighted by molar-refractivity contribution is -0.125. The number of benzene rings is 2. The second-order valence-electron chi connectivity index (χ2n) is 7.23. The second kappa shape index (κ2) is 7.03. The van der Waals surface area contributed by atoms with E-state index in [1.807, 2.05) is 0 Å². The fourth-order valence-corrected chi connectivity index (χ4v) is 2.90. The Morgan fingerprint density at radius 1 is 1.12 bits per heavy atom. The van der Waals surface area contributed by atoms with Crippen LogP contribution in [0, 0.1) is 11.6 Å². The Morgan fingerprint density at radius 2 is 1.85 bits per heavy atom. The molecule has 1 fully saturated rings. The minimum absolute atomic E-state index is 0.329. The molecule has 26 heavy (non-hydrogen) atoms. The summed E-state index contributed by atoms with van der Waals surface area (Å²) in [5.41, 5.74) is 1.01. The number of halogens is 2. The normalized spacial score (nSPS) is 17.4. The van der Waals surface area contributed by atoms with Crippen LogP contribution in [-0.2, 0) is 9.57 Å². The molecular weight excluding hydrogens is 340 g/mol. The lowest BCUT2D eigenvalue weighted by atomic mass is 9.98. The van der Waals surface area contributed by atoms with Crippen LogP contribution in [-0.4, -0.2) is 23.4 Å². The molecule has 0 saturated carbocycles. The van der Waals surface area contributed by atoms with E-state index in [2.05, 4.69) is 0 Å². The van der Waals surface area contributed by atoms with Crippen LogP contribution in [0.1, 0.15) is 38.8 Å². The van der Waals surface area contributed by atoms with Gasteiger partial charge in [-0.1, -0.05) is 12.1 Å². The van der Waals surface area contributed by atoms with Gasteiger partial charge < -0.3 is 4.74 Å². The largest absolute Gasteiger partial charge is 0.442 e. The van der Waals surface area contributed by atoms with Crippen molar-refractivity contribution in [3.8, 4) is 11.1 Å². The van der Waals surface area contributed by atoms with Crippen molar-refractivity contribution in [2.24, 2.45) is 0 Å². The Balaban J connectivity index is 1.92. The maximum atomic E-state index is 14.2. The molecule has 0 N–H and O–H groups in total. The molecule has 2 aromatic carbocycles. The van der Waals surface area contributed by atoms with Gasteiger partial charge in [0.05, 0.1) is 12.6 Å². The molecule has 0 aliphatic carbocycles. The molecular formula is C20H21F2NO3. The average molecular weight is 361 g/mol. The first-order valence-electron chi connectivity index (χ1n) is 8.44. The molecule has 0 unspecified atom stereocenters. The Kier molecular flexibility index (Phi) is 4.96. The summed E-state index contributed by atoms with van der Waals surface area (Å²) >= 11 is 0. The second-order valence-corrected chi connectivity index (χ2v) is 7.23. The summed E-state index contributed by atoms with van der Waals surface area (Å²) in [6.45, 7) is 5.62. The third-order valence-electron chi connectivity index (χ3n) is 3.94. The van der Waals surface area contributed by atoms with Gasteiger partial charge in [0.15, 0.2) is 0 Å². The topological polar surface area (TPSA) is 38.8 Å².